The van der Waals surface area contributed by atoms with E-state index in [1.165, 1.54) is 17.3 Å². The highest BCUT2D eigenvalue weighted by molar-refractivity contribution is 5.98. The Balaban J connectivity index is 1.53. The molecular formula is C21H17FN6O3. The van der Waals surface area contributed by atoms with Gasteiger partial charge in [-0.3, -0.25) is 0 Å². The first kappa shape index (κ1) is 18.8. The number of carbonyl (C=O) groups is 1. The molecule has 0 radical (unpaired) electrons. The molecule has 1 fully saturated rings. The van der Waals surface area contributed by atoms with E-state index in [1.807, 2.05) is 18.2 Å². The van der Waals surface area contributed by atoms with Gasteiger partial charge in [-0.2, -0.15) is 5.10 Å². The summed E-state index contributed by atoms with van der Waals surface area (Å²) in [4.78, 5) is 20.6. The molecule has 2 aromatic heterocycles. The Labute approximate surface area is 175 Å². The number of likely N-dealkylation sites (tertiary alicyclic amines) is 1. The highest BCUT2D eigenvalue weighted by Gasteiger charge is 2.35. The summed E-state index contributed by atoms with van der Waals surface area (Å²) in [6.07, 6.45) is 0.308. The van der Waals surface area contributed by atoms with Gasteiger partial charge in [0.15, 0.2) is 5.65 Å². The van der Waals surface area contributed by atoms with Crippen LogP contribution in [0.2, 0.25) is 0 Å². The summed E-state index contributed by atoms with van der Waals surface area (Å²) >= 11 is 0. The highest BCUT2D eigenvalue weighted by atomic mass is 19.1. The van der Waals surface area contributed by atoms with Gasteiger partial charge >= 0.3 is 6.09 Å². The fourth-order valence-corrected chi connectivity index (χ4v) is 3.58. The van der Waals surface area contributed by atoms with Gasteiger partial charge in [-0.25, -0.2) is 23.8 Å². The molecule has 1 aliphatic rings. The summed E-state index contributed by atoms with van der Waals surface area (Å²) in [6, 6.07) is 13.3. The van der Waals surface area contributed by atoms with Crippen LogP contribution < -0.4 is 10.5 Å². The Bertz CT molecular complexity index is 1290. The average molecular weight is 420 g/mol. The molecule has 9 nitrogen and oxygen atoms in total. The van der Waals surface area contributed by atoms with Crippen molar-refractivity contribution in [1.82, 2.24) is 24.6 Å². The predicted octanol–water partition coefficient (Wildman–Crippen LogP) is 3.54. The first-order valence-electron chi connectivity index (χ1n) is 9.50. The number of nitrogens with zero attached hydrogens (tertiary/aromatic N) is 5. The molecule has 0 aliphatic carbocycles. The molecule has 10 heteroatoms. The molecule has 0 atom stereocenters. The zero-order chi connectivity index (χ0) is 21.5. The van der Waals surface area contributed by atoms with Crippen molar-refractivity contribution in [2.24, 2.45) is 0 Å². The second-order valence-corrected chi connectivity index (χ2v) is 7.15. The van der Waals surface area contributed by atoms with Crippen LogP contribution in [0, 0.1) is 5.82 Å². The summed E-state index contributed by atoms with van der Waals surface area (Å²) in [5, 5.41) is 14.1. The number of fused-ring (bicyclic) bond motifs is 1. The maximum absolute atomic E-state index is 15.1. The molecule has 3 N–H and O–H groups in total. The van der Waals surface area contributed by atoms with Gasteiger partial charge < -0.3 is 20.5 Å². The van der Waals surface area contributed by atoms with E-state index in [4.69, 9.17) is 15.6 Å². The number of halogens is 1. The second-order valence-electron chi connectivity index (χ2n) is 7.15. The fraction of sp³-hybridized carbons (Fsp3) is 0.143. The van der Waals surface area contributed by atoms with Crippen LogP contribution in [0.1, 0.15) is 6.04 Å². The molecule has 0 unspecified atom stereocenters. The molecule has 0 saturated carbocycles. The van der Waals surface area contributed by atoms with E-state index in [2.05, 4.69) is 15.1 Å². The third-order valence-electron chi connectivity index (χ3n) is 5.17. The number of nitrogen functional groups attached to an aromatic ring is 1. The molecule has 1 amide bonds. The lowest BCUT2D eigenvalue weighted by Crippen LogP contribution is -2.50. The highest BCUT2D eigenvalue weighted by Crippen LogP contribution is 2.36. The van der Waals surface area contributed by atoms with Crippen LogP contribution in [0.15, 0.2) is 54.9 Å². The van der Waals surface area contributed by atoms with E-state index in [0.717, 1.165) is 0 Å². The normalized spacial score (nSPS) is 13.9. The van der Waals surface area contributed by atoms with Crippen LogP contribution >= 0.6 is 0 Å². The molecule has 156 valence electrons. The molecule has 0 spiro atoms. The molecule has 0 bridgehead atoms. The van der Waals surface area contributed by atoms with Crippen molar-refractivity contribution in [2.75, 3.05) is 18.8 Å². The monoisotopic (exact) mass is 420 g/mol. The van der Waals surface area contributed by atoms with Crippen molar-refractivity contribution in [2.45, 2.75) is 6.04 Å². The van der Waals surface area contributed by atoms with E-state index in [-0.39, 0.29) is 30.5 Å². The van der Waals surface area contributed by atoms with Crippen molar-refractivity contribution in [3.05, 3.63) is 60.7 Å². The second kappa shape index (κ2) is 7.24. The Morgan fingerprint density at radius 1 is 1.13 bits per heavy atom. The van der Waals surface area contributed by atoms with E-state index >= 15 is 4.39 Å². The number of ether oxygens (including phenoxy) is 1. The standard InChI is InChI=1S/C21H17FN6O3/c22-16-8-14(31-13-4-2-1-3-5-13)6-7-15(16)18-17-19(23)24-11-25-20(17)28(26-18)12-9-27(10-12)21(29)30/h1-8,11-12H,9-10H2,(H,29,30)(H2,23,24,25). The van der Waals surface area contributed by atoms with Gasteiger partial charge in [0.25, 0.3) is 0 Å². The number of rotatable bonds is 4. The maximum Gasteiger partial charge on any atom is 0.407 e. The van der Waals surface area contributed by atoms with Crippen molar-refractivity contribution < 1.29 is 19.0 Å². The van der Waals surface area contributed by atoms with Crippen LogP contribution in [-0.2, 0) is 0 Å². The smallest absolute Gasteiger partial charge is 0.407 e. The van der Waals surface area contributed by atoms with E-state index in [0.29, 0.717) is 28.2 Å². The first-order valence-corrected chi connectivity index (χ1v) is 9.50. The van der Waals surface area contributed by atoms with Crippen molar-refractivity contribution in [1.29, 1.82) is 0 Å². The average Bonchev–Trinajstić information content (AvgIpc) is 3.08. The number of benzene rings is 2. The number of para-hydroxylation sites is 1. The third-order valence-corrected chi connectivity index (χ3v) is 5.17. The predicted molar refractivity (Wildman–Crippen MR) is 110 cm³/mol. The Kier molecular flexibility index (Phi) is 4.39. The van der Waals surface area contributed by atoms with Gasteiger partial charge in [0.2, 0.25) is 0 Å². The van der Waals surface area contributed by atoms with Gasteiger partial charge in [-0.15, -0.1) is 0 Å². The minimum absolute atomic E-state index is 0.171. The largest absolute Gasteiger partial charge is 0.465 e. The molecule has 1 aliphatic heterocycles. The summed E-state index contributed by atoms with van der Waals surface area (Å²) in [7, 11) is 0. The Hall–Kier alpha value is -4.21. The Morgan fingerprint density at radius 2 is 1.90 bits per heavy atom. The maximum atomic E-state index is 15.1. The summed E-state index contributed by atoms with van der Waals surface area (Å²) in [5.74, 6) is 0.570. The molecule has 5 rings (SSSR count). The van der Waals surface area contributed by atoms with E-state index in [9.17, 15) is 4.79 Å². The van der Waals surface area contributed by atoms with Gasteiger partial charge in [-0.05, 0) is 24.3 Å². The number of hydrogen-bond donors (Lipinski definition) is 2. The van der Waals surface area contributed by atoms with Crippen LogP contribution in [0.3, 0.4) is 0 Å². The first-order chi connectivity index (χ1) is 15.0. The number of anilines is 1. The van der Waals surface area contributed by atoms with Crippen LogP contribution in [0.5, 0.6) is 11.5 Å². The number of amides is 1. The third kappa shape index (κ3) is 3.27. The fourth-order valence-electron chi connectivity index (χ4n) is 3.58. The lowest BCUT2D eigenvalue weighted by atomic mass is 10.1. The lowest BCUT2D eigenvalue weighted by molar-refractivity contribution is 0.0827. The van der Waals surface area contributed by atoms with Crippen LogP contribution in [-0.4, -0.2) is 48.9 Å². The SMILES string of the molecule is Nc1ncnc2c1c(-c1ccc(Oc3ccccc3)cc1F)nn2C1CN(C(=O)O)C1. The number of nitrogens with two attached hydrogens (primary N) is 1. The van der Waals surface area contributed by atoms with Gasteiger partial charge in [0, 0.05) is 24.7 Å². The topological polar surface area (TPSA) is 119 Å². The number of carboxylic acid groups (broad SMARTS) is 1. The quantitative estimate of drug-likeness (QED) is 0.518. The summed E-state index contributed by atoms with van der Waals surface area (Å²) in [6.45, 7) is 0.531. The molecular weight excluding hydrogens is 403 g/mol. The van der Waals surface area contributed by atoms with Crippen molar-refractivity contribution in [3.8, 4) is 22.8 Å². The molecule has 31 heavy (non-hydrogen) atoms. The molecule has 1 saturated heterocycles. The van der Waals surface area contributed by atoms with E-state index < -0.39 is 11.9 Å². The molecule has 3 heterocycles. The zero-order valence-electron chi connectivity index (χ0n) is 16.1. The minimum Gasteiger partial charge on any atom is -0.465 e. The summed E-state index contributed by atoms with van der Waals surface area (Å²) in [5.41, 5.74) is 7.02. The zero-order valence-corrected chi connectivity index (χ0v) is 16.1. The Morgan fingerprint density at radius 3 is 2.61 bits per heavy atom. The molecule has 4 aromatic rings. The van der Waals surface area contributed by atoms with Crippen molar-refractivity contribution >= 4 is 22.9 Å². The minimum atomic E-state index is -0.998. The van der Waals surface area contributed by atoms with Crippen molar-refractivity contribution in [3.63, 3.8) is 0 Å². The van der Waals surface area contributed by atoms with Crippen LogP contribution in [0.25, 0.3) is 22.3 Å². The lowest BCUT2D eigenvalue weighted by Gasteiger charge is -2.36. The van der Waals surface area contributed by atoms with Crippen LogP contribution in [0.4, 0.5) is 15.0 Å². The number of aromatic nitrogens is 4. The van der Waals surface area contributed by atoms with Gasteiger partial charge in [-0.1, -0.05) is 18.2 Å². The van der Waals surface area contributed by atoms with E-state index in [1.54, 1.807) is 28.9 Å². The molecule has 2 aromatic carbocycles. The summed E-state index contributed by atoms with van der Waals surface area (Å²) < 4.78 is 22.4. The van der Waals surface area contributed by atoms with Gasteiger partial charge in [0.1, 0.15) is 35.2 Å². The number of hydrogen-bond acceptors (Lipinski definition) is 6. The van der Waals surface area contributed by atoms with Gasteiger partial charge in [0.05, 0.1) is 11.4 Å².